The van der Waals surface area contributed by atoms with Crippen molar-refractivity contribution in [3.05, 3.63) is 58.2 Å². The summed E-state index contributed by atoms with van der Waals surface area (Å²) in [6.45, 7) is 3.98. The summed E-state index contributed by atoms with van der Waals surface area (Å²) in [4.78, 5) is 24.2. The Kier molecular flexibility index (Phi) is 8.73. The lowest BCUT2D eigenvalue weighted by atomic mass is 9.83. The van der Waals surface area contributed by atoms with E-state index in [1.807, 2.05) is 13.8 Å². The topological polar surface area (TPSA) is 134 Å². The molecule has 0 spiro atoms. The van der Waals surface area contributed by atoms with Gasteiger partial charge in [0.15, 0.2) is 0 Å². The van der Waals surface area contributed by atoms with Crippen LogP contribution < -0.4 is 0 Å². The van der Waals surface area contributed by atoms with Crippen LogP contribution in [0.15, 0.2) is 35.9 Å². The van der Waals surface area contributed by atoms with E-state index in [0.717, 1.165) is 27.1 Å². The number of carbonyl (C=O) groups excluding carboxylic acids is 2. The van der Waals surface area contributed by atoms with Gasteiger partial charge in [-0.05, 0) is 57.4 Å². The Balaban J connectivity index is 2.66. The maximum Gasteiger partial charge on any atom is 0.341 e. The number of phenolic OH excluding ortho intramolecular Hbond substituents is 4. The van der Waals surface area contributed by atoms with Crippen molar-refractivity contribution in [2.75, 3.05) is 14.2 Å². The van der Waals surface area contributed by atoms with Crippen molar-refractivity contribution in [1.29, 1.82) is 0 Å². The van der Waals surface area contributed by atoms with Crippen LogP contribution in [-0.4, -0.2) is 46.6 Å². The predicted octanol–water partition coefficient (Wildman–Crippen LogP) is 4.74. The maximum atomic E-state index is 12.1. The van der Waals surface area contributed by atoms with E-state index in [4.69, 9.17) is 9.47 Å². The lowest BCUT2D eigenvalue weighted by Crippen LogP contribution is -2.10. The number of benzene rings is 2. The first-order valence-electron chi connectivity index (χ1n) is 10.5. The van der Waals surface area contributed by atoms with E-state index in [9.17, 15) is 30.0 Å². The fourth-order valence-corrected chi connectivity index (χ4v) is 3.75. The van der Waals surface area contributed by atoms with Crippen LogP contribution in [0, 0.1) is 0 Å². The average Bonchev–Trinajstić information content (AvgIpc) is 2.77. The highest BCUT2D eigenvalue weighted by Crippen LogP contribution is 2.48. The summed E-state index contributed by atoms with van der Waals surface area (Å²) in [6.07, 6.45) is 4.52. The minimum absolute atomic E-state index is 0.0623. The van der Waals surface area contributed by atoms with Crippen LogP contribution in [0.5, 0.6) is 23.0 Å². The minimum atomic E-state index is -0.939. The van der Waals surface area contributed by atoms with Crippen LogP contribution in [0.2, 0.25) is 0 Å². The number of allylic oxidation sites excluding steroid dienone is 2. The van der Waals surface area contributed by atoms with Crippen molar-refractivity contribution in [2.45, 2.75) is 45.4 Å². The standard InChI is InChI=1S/C25H30O8/c1-14(2)8-6-5-7-9-15(20-18(26)12-10-16(22(20)28)24(30)32-3)21-19(27)13-11-17(23(21)29)25(31)33-4/h8,10-13,15,26-29H,5-7,9H2,1-4H3. The van der Waals surface area contributed by atoms with E-state index in [-0.39, 0.29) is 40.2 Å². The Morgan fingerprint density at radius 2 is 1.27 bits per heavy atom. The number of aromatic hydroxyl groups is 4. The largest absolute Gasteiger partial charge is 0.508 e. The number of carbonyl (C=O) groups is 2. The summed E-state index contributed by atoms with van der Waals surface area (Å²) in [5, 5.41) is 42.9. The van der Waals surface area contributed by atoms with Crippen LogP contribution in [0.1, 0.15) is 77.3 Å². The van der Waals surface area contributed by atoms with E-state index < -0.39 is 29.4 Å². The molecule has 0 unspecified atom stereocenters. The molecule has 0 atom stereocenters. The van der Waals surface area contributed by atoms with Crippen LogP contribution in [0.3, 0.4) is 0 Å². The number of hydrogen-bond acceptors (Lipinski definition) is 8. The zero-order valence-electron chi connectivity index (χ0n) is 19.2. The van der Waals surface area contributed by atoms with Gasteiger partial charge in [-0.1, -0.05) is 18.1 Å². The lowest BCUT2D eigenvalue weighted by Gasteiger charge is -2.23. The van der Waals surface area contributed by atoms with Gasteiger partial charge >= 0.3 is 11.9 Å². The van der Waals surface area contributed by atoms with Gasteiger partial charge in [0.05, 0.1) is 14.2 Å². The molecular formula is C25H30O8. The molecule has 33 heavy (non-hydrogen) atoms. The molecule has 0 radical (unpaired) electrons. The highest BCUT2D eigenvalue weighted by Gasteiger charge is 2.31. The van der Waals surface area contributed by atoms with E-state index in [0.29, 0.717) is 6.42 Å². The summed E-state index contributed by atoms with van der Waals surface area (Å²) >= 11 is 0. The Morgan fingerprint density at radius 3 is 1.67 bits per heavy atom. The molecule has 0 amide bonds. The first kappa shape index (κ1) is 25.6. The van der Waals surface area contributed by atoms with Crippen molar-refractivity contribution in [3.8, 4) is 23.0 Å². The number of unbranched alkanes of at least 4 members (excludes halogenated alkanes) is 2. The molecule has 0 aliphatic carbocycles. The average molecular weight is 459 g/mol. The number of ether oxygens (including phenoxy) is 2. The molecule has 0 saturated heterocycles. The zero-order chi connectivity index (χ0) is 24.7. The van der Waals surface area contributed by atoms with Gasteiger partial charge in [0, 0.05) is 17.0 Å². The maximum absolute atomic E-state index is 12.1. The Bertz CT molecular complexity index is 979. The normalized spacial score (nSPS) is 10.7. The van der Waals surface area contributed by atoms with Gasteiger partial charge in [-0.2, -0.15) is 0 Å². The molecule has 0 saturated carbocycles. The molecule has 0 aliphatic rings. The zero-order valence-corrected chi connectivity index (χ0v) is 19.2. The molecule has 8 nitrogen and oxygen atoms in total. The predicted molar refractivity (Wildman–Crippen MR) is 122 cm³/mol. The molecule has 0 aromatic heterocycles. The van der Waals surface area contributed by atoms with Gasteiger partial charge in [-0.15, -0.1) is 0 Å². The van der Waals surface area contributed by atoms with E-state index >= 15 is 0 Å². The SMILES string of the molecule is COC(=O)c1ccc(O)c(C(CCCCC=C(C)C)c2c(O)ccc(C(=O)OC)c2O)c1O. The summed E-state index contributed by atoms with van der Waals surface area (Å²) in [7, 11) is 2.32. The van der Waals surface area contributed by atoms with Crippen LogP contribution in [0.4, 0.5) is 0 Å². The molecule has 0 bridgehead atoms. The highest BCUT2D eigenvalue weighted by atomic mass is 16.5. The quantitative estimate of drug-likeness (QED) is 0.240. The number of phenols is 4. The second-order valence-electron chi connectivity index (χ2n) is 7.89. The van der Waals surface area contributed by atoms with Gasteiger partial charge in [0.1, 0.15) is 34.1 Å². The Hall–Kier alpha value is -3.68. The number of rotatable bonds is 9. The van der Waals surface area contributed by atoms with Gasteiger partial charge < -0.3 is 29.9 Å². The van der Waals surface area contributed by atoms with Crippen molar-refractivity contribution >= 4 is 11.9 Å². The fraction of sp³-hybridized carbons (Fsp3) is 0.360. The van der Waals surface area contributed by atoms with E-state index in [1.165, 1.54) is 29.8 Å². The first-order chi connectivity index (χ1) is 15.6. The van der Waals surface area contributed by atoms with Crippen molar-refractivity contribution in [3.63, 3.8) is 0 Å². The van der Waals surface area contributed by atoms with Crippen LogP contribution >= 0.6 is 0 Å². The second-order valence-corrected chi connectivity index (χ2v) is 7.89. The number of esters is 2. The molecule has 2 aromatic rings. The third-order valence-corrected chi connectivity index (χ3v) is 5.40. The molecule has 8 heteroatoms. The lowest BCUT2D eigenvalue weighted by molar-refractivity contribution is 0.0588. The molecule has 2 aromatic carbocycles. The Labute approximate surface area is 192 Å². The first-order valence-corrected chi connectivity index (χ1v) is 10.5. The highest BCUT2D eigenvalue weighted by molar-refractivity contribution is 5.94. The van der Waals surface area contributed by atoms with Gasteiger partial charge in [0.25, 0.3) is 0 Å². The van der Waals surface area contributed by atoms with Crippen molar-refractivity contribution in [1.82, 2.24) is 0 Å². The fourth-order valence-electron chi connectivity index (χ4n) is 3.75. The molecular weight excluding hydrogens is 428 g/mol. The van der Waals surface area contributed by atoms with Gasteiger partial charge in [-0.25, -0.2) is 9.59 Å². The third-order valence-electron chi connectivity index (χ3n) is 5.40. The number of methoxy groups -OCH3 is 2. The Morgan fingerprint density at radius 1 is 0.818 bits per heavy atom. The van der Waals surface area contributed by atoms with Gasteiger partial charge in [-0.3, -0.25) is 0 Å². The summed E-state index contributed by atoms with van der Waals surface area (Å²) in [5.41, 5.74) is 0.694. The molecule has 4 N–H and O–H groups in total. The van der Waals surface area contributed by atoms with Crippen LogP contribution in [-0.2, 0) is 9.47 Å². The smallest absolute Gasteiger partial charge is 0.341 e. The number of hydrogen-bond donors (Lipinski definition) is 4. The molecule has 2 rings (SSSR count). The van der Waals surface area contributed by atoms with Crippen molar-refractivity contribution < 1.29 is 39.5 Å². The summed E-state index contributed by atoms with van der Waals surface area (Å²) in [5.74, 6) is -4.29. The van der Waals surface area contributed by atoms with Gasteiger partial charge in [0.2, 0.25) is 0 Å². The third kappa shape index (κ3) is 5.77. The summed E-state index contributed by atoms with van der Waals surface area (Å²) in [6, 6.07) is 4.90. The van der Waals surface area contributed by atoms with Crippen LogP contribution in [0.25, 0.3) is 0 Å². The van der Waals surface area contributed by atoms with E-state index in [1.54, 1.807) is 0 Å². The monoisotopic (exact) mass is 458 g/mol. The molecule has 0 fully saturated rings. The summed E-state index contributed by atoms with van der Waals surface area (Å²) < 4.78 is 9.40. The molecule has 178 valence electrons. The second kappa shape index (κ2) is 11.3. The minimum Gasteiger partial charge on any atom is -0.508 e. The van der Waals surface area contributed by atoms with Crippen molar-refractivity contribution in [2.24, 2.45) is 0 Å². The van der Waals surface area contributed by atoms with E-state index in [2.05, 4.69) is 6.08 Å². The molecule has 0 heterocycles. The molecule has 0 aliphatic heterocycles.